The van der Waals surface area contributed by atoms with Gasteiger partial charge in [-0.3, -0.25) is 4.57 Å². The average Bonchev–Trinajstić information content (AvgIpc) is 2.68. The molecular weight excluding hydrogens is 272 g/mol. The van der Waals surface area contributed by atoms with Crippen molar-refractivity contribution in [3.8, 4) is 5.69 Å². The van der Waals surface area contributed by atoms with Crippen LogP contribution in [0.5, 0.6) is 0 Å². The maximum atomic E-state index is 13.3. The van der Waals surface area contributed by atoms with Crippen LogP contribution >= 0.6 is 11.6 Å². The molecule has 3 nitrogen and oxygen atoms in total. The van der Waals surface area contributed by atoms with Crippen molar-refractivity contribution in [2.75, 3.05) is 5.73 Å². The normalized spacial score (nSPS) is 11.1. The zero-order valence-corrected chi connectivity index (χ0v) is 10.3. The van der Waals surface area contributed by atoms with Crippen LogP contribution in [0.1, 0.15) is 0 Å². The van der Waals surface area contributed by atoms with Gasteiger partial charge >= 0.3 is 0 Å². The molecule has 0 amide bonds. The Morgan fingerprint density at radius 3 is 2.58 bits per heavy atom. The number of anilines is 1. The SMILES string of the molecule is Nc1nc2cc(Cl)ccc2n1-c1ccc(F)c(F)c1. The highest BCUT2D eigenvalue weighted by atomic mass is 35.5. The summed E-state index contributed by atoms with van der Waals surface area (Å²) >= 11 is 5.87. The van der Waals surface area contributed by atoms with E-state index in [0.717, 1.165) is 12.1 Å². The molecule has 6 heteroatoms. The lowest BCUT2D eigenvalue weighted by Crippen LogP contribution is -2.01. The summed E-state index contributed by atoms with van der Waals surface area (Å²) in [5.74, 6) is -1.66. The first kappa shape index (κ1) is 11.9. The van der Waals surface area contributed by atoms with Crippen molar-refractivity contribution >= 4 is 28.6 Å². The van der Waals surface area contributed by atoms with Gasteiger partial charge in [0.05, 0.1) is 16.7 Å². The van der Waals surface area contributed by atoms with Gasteiger partial charge in [-0.2, -0.15) is 0 Å². The molecule has 0 aliphatic heterocycles. The highest BCUT2D eigenvalue weighted by Gasteiger charge is 2.12. The largest absolute Gasteiger partial charge is 0.369 e. The third-order valence-corrected chi connectivity index (χ3v) is 3.04. The maximum absolute atomic E-state index is 13.3. The van der Waals surface area contributed by atoms with Crippen molar-refractivity contribution in [3.05, 3.63) is 53.1 Å². The number of nitrogens with zero attached hydrogens (tertiary/aromatic N) is 2. The summed E-state index contributed by atoms with van der Waals surface area (Å²) in [7, 11) is 0. The van der Waals surface area contributed by atoms with E-state index in [1.807, 2.05) is 0 Å². The van der Waals surface area contributed by atoms with Gasteiger partial charge in [0.2, 0.25) is 5.95 Å². The number of nitrogens with two attached hydrogens (primary N) is 1. The van der Waals surface area contributed by atoms with E-state index >= 15 is 0 Å². The first-order valence-electron chi connectivity index (χ1n) is 5.45. The van der Waals surface area contributed by atoms with E-state index in [9.17, 15) is 8.78 Å². The van der Waals surface area contributed by atoms with Crippen molar-refractivity contribution in [1.29, 1.82) is 0 Å². The van der Waals surface area contributed by atoms with E-state index in [2.05, 4.69) is 4.98 Å². The Labute approximate surface area is 112 Å². The van der Waals surface area contributed by atoms with Gasteiger partial charge in [0, 0.05) is 11.1 Å². The van der Waals surface area contributed by atoms with Gasteiger partial charge in [-0.1, -0.05) is 11.6 Å². The summed E-state index contributed by atoms with van der Waals surface area (Å²) < 4.78 is 27.8. The fraction of sp³-hybridized carbons (Fsp3) is 0. The molecule has 19 heavy (non-hydrogen) atoms. The number of aromatic nitrogens is 2. The van der Waals surface area contributed by atoms with Crippen LogP contribution in [0.25, 0.3) is 16.7 Å². The predicted molar refractivity (Wildman–Crippen MR) is 70.4 cm³/mol. The standard InChI is InChI=1S/C13H8ClF2N3/c14-7-1-4-12-11(5-7)18-13(17)19(12)8-2-3-9(15)10(16)6-8/h1-6H,(H2,17,18). The second-order valence-electron chi connectivity index (χ2n) is 4.04. The lowest BCUT2D eigenvalue weighted by Gasteiger charge is -2.06. The molecule has 0 spiro atoms. The van der Waals surface area contributed by atoms with E-state index in [1.165, 1.54) is 10.6 Å². The van der Waals surface area contributed by atoms with E-state index < -0.39 is 11.6 Å². The van der Waals surface area contributed by atoms with E-state index in [-0.39, 0.29) is 5.95 Å². The summed E-state index contributed by atoms with van der Waals surface area (Å²) in [4.78, 5) is 4.14. The Morgan fingerprint density at radius 1 is 1.05 bits per heavy atom. The molecule has 2 N–H and O–H groups in total. The smallest absolute Gasteiger partial charge is 0.205 e. The minimum absolute atomic E-state index is 0.184. The lowest BCUT2D eigenvalue weighted by atomic mass is 10.2. The van der Waals surface area contributed by atoms with Crippen LogP contribution in [0.3, 0.4) is 0 Å². The van der Waals surface area contributed by atoms with E-state index in [1.54, 1.807) is 18.2 Å². The van der Waals surface area contributed by atoms with Gasteiger partial charge in [0.15, 0.2) is 11.6 Å². The van der Waals surface area contributed by atoms with Gasteiger partial charge in [-0.05, 0) is 30.3 Å². The Kier molecular flexibility index (Phi) is 2.64. The number of rotatable bonds is 1. The maximum Gasteiger partial charge on any atom is 0.205 e. The molecule has 0 aliphatic rings. The average molecular weight is 280 g/mol. The second-order valence-corrected chi connectivity index (χ2v) is 4.47. The third-order valence-electron chi connectivity index (χ3n) is 2.80. The fourth-order valence-electron chi connectivity index (χ4n) is 1.97. The third kappa shape index (κ3) is 1.92. The monoisotopic (exact) mass is 279 g/mol. The highest BCUT2D eigenvalue weighted by Crippen LogP contribution is 2.26. The summed E-state index contributed by atoms with van der Waals surface area (Å²) in [6, 6.07) is 8.62. The summed E-state index contributed by atoms with van der Waals surface area (Å²) in [6.45, 7) is 0. The van der Waals surface area contributed by atoms with Crippen LogP contribution in [-0.4, -0.2) is 9.55 Å². The molecule has 0 fully saturated rings. The molecule has 96 valence electrons. The first-order valence-corrected chi connectivity index (χ1v) is 5.83. The molecule has 0 atom stereocenters. The molecule has 0 radical (unpaired) electrons. The van der Waals surface area contributed by atoms with Crippen LogP contribution in [0.2, 0.25) is 5.02 Å². The van der Waals surface area contributed by atoms with Crippen LogP contribution in [-0.2, 0) is 0 Å². The predicted octanol–water partition coefficient (Wildman–Crippen LogP) is 3.54. The van der Waals surface area contributed by atoms with Crippen LogP contribution < -0.4 is 5.73 Å². The Bertz CT molecular complexity index is 783. The van der Waals surface area contributed by atoms with Crippen LogP contribution in [0, 0.1) is 11.6 Å². The number of halogens is 3. The number of benzene rings is 2. The minimum atomic E-state index is -0.937. The first-order chi connectivity index (χ1) is 9.06. The van der Waals surface area contributed by atoms with Crippen molar-refractivity contribution in [1.82, 2.24) is 9.55 Å². The molecule has 3 rings (SSSR count). The summed E-state index contributed by atoms with van der Waals surface area (Å²) in [5, 5.41) is 0.530. The Balaban J connectivity index is 2.29. The molecule has 0 saturated heterocycles. The molecule has 0 bridgehead atoms. The highest BCUT2D eigenvalue weighted by molar-refractivity contribution is 6.31. The van der Waals surface area contributed by atoms with Gasteiger partial charge in [0.25, 0.3) is 0 Å². The quantitative estimate of drug-likeness (QED) is 0.740. The van der Waals surface area contributed by atoms with Crippen molar-refractivity contribution in [2.24, 2.45) is 0 Å². The number of hydrogen-bond acceptors (Lipinski definition) is 2. The van der Waals surface area contributed by atoms with Crippen molar-refractivity contribution < 1.29 is 8.78 Å². The van der Waals surface area contributed by atoms with Crippen LogP contribution in [0.4, 0.5) is 14.7 Å². The molecule has 0 unspecified atom stereocenters. The Hall–Kier alpha value is -2.14. The van der Waals surface area contributed by atoms with Crippen molar-refractivity contribution in [3.63, 3.8) is 0 Å². The zero-order valence-electron chi connectivity index (χ0n) is 9.57. The van der Waals surface area contributed by atoms with Crippen molar-refractivity contribution in [2.45, 2.75) is 0 Å². The molecule has 1 heterocycles. The van der Waals surface area contributed by atoms with Gasteiger partial charge in [0.1, 0.15) is 0 Å². The lowest BCUT2D eigenvalue weighted by molar-refractivity contribution is 0.508. The van der Waals surface area contributed by atoms with Gasteiger partial charge < -0.3 is 5.73 Å². The zero-order chi connectivity index (χ0) is 13.6. The number of fused-ring (bicyclic) bond motifs is 1. The van der Waals surface area contributed by atoms with Crippen LogP contribution in [0.15, 0.2) is 36.4 Å². The van der Waals surface area contributed by atoms with E-state index in [0.29, 0.717) is 21.7 Å². The topological polar surface area (TPSA) is 43.8 Å². The number of nitrogen functional groups attached to an aromatic ring is 1. The molecule has 0 saturated carbocycles. The summed E-state index contributed by atoms with van der Waals surface area (Å²) in [6.07, 6.45) is 0. The van der Waals surface area contributed by atoms with Gasteiger partial charge in [-0.25, -0.2) is 13.8 Å². The molecule has 0 aliphatic carbocycles. The molecule has 3 aromatic rings. The molecule has 2 aromatic carbocycles. The molecular formula is C13H8ClF2N3. The van der Waals surface area contributed by atoms with E-state index in [4.69, 9.17) is 17.3 Å². The van der Waals surface area contributed by atoms with Gasteiger partial charge in [-0.15, -0.1) is 0 Å². The minimum Gasteiger partial charge on any atom is -0.369 e. The Morgan fingerprint density at radius 2 is 1.84 bits per heavy atom. The molecule has 1 aromatic heterocycles. The number of hydrogen-bond donors (Lipinski definition) is 1. The fourth-order valence-corrected chi connectivity index (χ4v) is 2.13. The number of imidazole rings is 1. The summed E-state index contributed by atoms with van der Waals surface area (Å²) in [5.41, 5.74) is 7.49. The second kappa shape index (κ2) is 4.20.